The van der Waals surface area contributed by atoms with Gasteiger partial charge >= 0.3 is 0 Å². The van der Waals surface area contributed by atoms with E-state index in [1.807, 2.05) is 0 Å². The summed E-state index contributed by atoms with van der Waals surface area (Å²) in [6.45, 7) is -0.262. The van der Waals surface area contributed by atoms with Crippen LogP contribution in [0.3, 0.4) is 0 Å². The first kappa shape index (κ1) is 21.5. The predicted octanol–water partition coefficient (Wildman–Crippen LogP) is 3.24. The molecule has 0 bridgehead atoms. The zero-order valence-corrected chi connectivity index (χ0v) is 17.1. The Morgan fingerprint density at radius 3 is 1.93 bits per heavy atom. The van der Waals surface area contributed by atoms with Gasteiger partial charge in [0.15, 0.2) is 12.4 Å². The van der Waals surface area contributed by atoms with Crippen LogP contribution in [0.2, 0.25) is 5.02 Å². The van der Waals surface area contributed by atoms with Gasteiger partial charge in [-0.1, -0.05) is 11.6 Å². The van der Waals surface area contributed by atoms with Gasteiger partial charge in [0.1, 0.15) is 5.75 Å². The summed E-state index contributed by atoms with van der Waals surface area (Å²) in [6.07, 6.45) is 0. The van der Waals surface area contributed by atoms with Crippen LogP contribution in [0, 0.1) is 0 Å². The van der Waals surface area contributed by atoms with Gasteiger partial charge in [-0.3, -0.25) is 9.59 Å². The summed E-state index contributed by atoms with van der Waals surface area (Å²) in [7, 11) is -3.79. The summed E-state index contributed by atoms with van der Waals surface area (Å²) in [5.41, 5.74) is 1.39. The van der Waals surface area contributed by atoms with E-state index in [1.165, 1.54) is 24.3 Å². The molecule has 0 aromatic heterocycles. The number of hydrogen-bond acceptors (Lipinski definition) is 5. The van der Waals surface area contributed by atoms with Crippen LogP contribution in [0.25, 0.3) is 0 Å². The Bertz CT molecular complexity index is 1160. The van der Waals surface area contributed by atoms with Crippen molar-refractivity contribution >= 4 is 39.0 Å². The van der Waals surface area contributed by atoms with Crippen molar-refractivity contribution in [1.82, 2.24) is 0 Å². The first-order valence-electron chi connectivity index (χ1n) is 8.68. The van der Waals surface area contributed by atoms with Gasteiger partial charge in [-0.05, 0) is 72.8 Å². The maximum absolute atomic E-state index is 12.4. The fraction of sp³-hybridized carbons (Fsp3) is 0.0476. The molecule has 0 heterocycles. The monoisotopic (exact) mass is 444 g/mol. The highest BCUT2D eigenvalue weighted by atomic mass is 35.5. The first-order chi connectivity index (χ1) is 14.2. The van der Waals surface area contributed by atoms with Crippen LogP contribution < -0.4 is 15.2 Å². The summed E-state index contributed by atoms with van der Waals surface area (Å²) < 4.78 is 27.9. The molecule has 3 rings (SSSR count). The van der Waals surface area contributed by atoms with E-state index < -0.39 is 15.9 Å². The molecular weight excluding hydrogens is 428 g/mol. The molecule has 0 aliphatic carbocycles. The van der Waals surface area contributed by atoms with Gasteiger partial charge < -0.3 is 10.1 Å². The Morgan fingerprint density at radius 1 is 0.867 bits per heavy atom. The fourth-order valence-corrected chi connectivity index (χ4v) is 3.19. The minimum absolute atomic E-state index is 0.0509. The van der Waals surface area contributed by atoms with Crippen LogP contribution in [-0.2, 0) is 14.8 Å². The molecule has 0 spiro atoms. The summed E-state index contributed by atoms with van der Waals surface area (Å²) in [5, 5.41) is 8.16. The van der Waals surface area contributed by atoms with E-state index in [0.29, 0.717) is 27.6 Å². The van der Waals surface area contributed by atoms with E-state index >= 15 is 0 Å². The second kappa shape index (κ2) is 9.08. The van der Waals surface area contributed by atoms with Crippen molar-refractivity contribution in [3.05, 3.63) is 88.9 Å². The molecule has 0 saturated heterocycles. The molecule has 0 fully saturated rings. The highest BCUT2D eigenvalue weighted by molar-refractivity contribution is 7.89. The third-order valence-corrected chi connectivity index (χ3v) is 5.24. The molecule has 0 radical (unpaired) electrons. The van der Waals surface area contributed by atoms with E-state index in [2.05, 4.69) is 5.32 Å². The van der Waals surface area contributed by atoms with Crippen LogP contribution in [0.5, 0.6) is 5.75 Å². The molecule has 3 N–H and O–H groups in total. The molecule has 3 aromatic rings. The number of ketones is 1. The number of sulfonamides is 1. The summed E-state index contributed by atoms with van der Waals surface area (Å²) >= 11 is 5.83. The average Bonchev–Trinajstić information content (AvgIpc) is 2.72. The quantitative estimate of drug-likeness (QED) is 0.543. The van der Waals surface area contributed by atoms with E-state index in [9.17, 15) is 18.0 Å². The van der Waals surface area contributed by atoms with Crippen LogP contribution in [0.15, 0.2) is 77.7 Å². The minimum atomic E-state index is -3.79. The number of carbonyl (C=O) groups excluding carboxylic acids is 2. The van der Waals surface area contributed by atoms with E-state index in [4.69, 9.17) is 21.5 Å². The largest absolute Gasteiger partial charge is 0.484 e. The Kier molecular flexibility index (Phi) is 6.51. The van der Waals surface area contributed by atoms with Gasteiger partial charge in [0.05, 0.1) is 4.90 Å². The molecule has 1 amide bonds. The summed E-state index contributed by atoms with van der Waals surface area (Å²) in [5.74, 6) is -0.166. The van der Waals surface area contributed by atoms with Gasteiger partial charge in [-0.15, -0.1) is 0 Å². The molecule has 0 saturated carbocycles. The lowest BCUT2D eigenvalue weighted by atomic mass is 10.0. The van der Waals surface area contributed by atoms with Gasteiger partial charge in [-0.25, -0.2) is 13.6 Å². The highest BCUT2D eigenvalue weighted by Gasteiger charge is 2.11. The van der Waals surface area contributed by atoms with Gasteiger partial charge in [-0.2, -0.15) is 0 Å². The number of amides is 1. The molecule has 0 aliphatic rings. The van der Waals surface area contributed by atoms with E-state index in [0.717, 1.165) is 0 Å². The number of rotatable bonds is 7. The van der Waals surface area contributed by atoms with Crippen LogP contribution in [-0.4, -0.2) is 26.7 Å². The zero-order chi connectivity index (χ0) is 21.7. The number of benzene rings is 3. The molecule has 30 heavy (non-hydrogen) atoms. The molecule has 0 aliphatic heterocycles. The third-order valence-electron chi connectivity index (χ3n) is 4.06. The number of primary sulfonamides is 1. The minimum Gasteiger partial charge on any atom is -0.484 e. The van der Waals surface area contributed by atoms with Crippen molar-refractivity contribution in [3.8, 4) is 5.75 Å². The van der Waals surface area contributed by atoms with Gasteiger partial charge in [0.2, 0.25) is 10.0 Å². The Balaban J connectivity index is 1.55. The number of anilines is 1. The number of hydrogen-bond donors (Lipinski definition) is 2. The summed E-state index contributed by atoms with van der Waals surface area (Å²) in [4.78, 5) is 24.4. The lowest BCUT2D eigenvalue weighted by molar-refractivity contribution is -0.118. The Hall–Kier alpha value is -3.20. The van der Waals surface area contributed by atoms with Gasteiger partial charge in [0, 0.05) is 21.8 Å². The normalized spacial score (nSPS) is 11.0. The van der Waals surface area contributed by atoms with Crippen molar-refractivity contribution in [2.24, 2.45) is 5.14 Å². The van der Waals surface area contributed by atoms with E-state index in [-0.39, 0.29) is 17.3 Å². The Labute approximate surface area is 178 Å². The number of nitrogens with one attached hydrogen (secondary N) is 1. The maximum atomic E-state index is 12.4. The topological polar surface area (TPSA) is 116 Å². The van der Waals surface area contributed by atoms with Crippen molar-refractivity contribution in [3.63, 3.8) is 0 Å². The van der Waals surface area contributed by atoms with Crippen molar-refractivity contribution in [2.45, 2.75) is 4.90 Å². The molecule has 0 atom stereocenters. The lowest BCUT2D eigenvalue weighted by Crippen LogP contribution is -2.20. The molecule has 9 heteroatoms. The van der Waals surface area contributed by atoms with Crippen LogP contribution in [0.1, 0.15) is 15.9 Å². The van der Waals surface area contributed by atoms with E-state index in [1.54, 1.807) is 48.5 Å². The lowest BCUT2D eigenvalue weighted by Gasteiger charge is -2.09. The Morgan fingerprint density at radius 2 is 1.40 bits per heavy atom. The van der Waals surface area contributed by atoms with Crippen molar-refractivity contribution in [1.29, 1.82) is 0 Å². The SMILES string of the molecule is NS(=O)(=O)c1ccc(NC(=O)COc2ccc(C(=O)c3ccc(Cl)cc3)cc2)cc1. The molecular formula is C21H17ClN2O5S. The van der Waals surface area contributed by atoms with Crippen LogP contribution in [0.4, 0.5) is 5.69 Å². The fourth-order valence-electron chi connectivity index (χ4n) is 2.54. The highest BCUT2D eigenvalue weighted by Crippen LogP contribution is 2.18. The standard InChI is InChI=1S/C21H17ClN2O5S/c22-16-5-1-14(2-6-16)21(26)15-3-9-18(10-4-15)29-13-20(25)24-17-7-11-19(12-8-17)30(23,27)28/h1-12H,13H2,(H,24,25)(H2,23,27,28). The third kappa shape index (κ3) is 5.66. The number of carbonyl (C=O) groups is 2. The van der Waals surface area contributed by atoms with Gasteiger partial charge in [0.25, 0.3) is 5.91 Å². The van der Waals surface area contributed by atoms with Crippen molar-refractivity contribution in [2.75, 3.05) is 11.9 Å². The number of nitrogens with two attached hydrogens (primary N) is 1. The second-order valence-corrected chi connectivity index (χ2v) is 8.26. The number of halogens is 1. The van der Waals surface area contributed by atoms with Crippen molar-refractivity contribution < 1.29 is 22.7 Å². The predicted molar refractivity (Wildman–Crippen MR) is 113 cm³/mol. The first-order valence-corrected chi connectivity index (χ1v) is 10.6. The zero-order valence-electron chi connectivity index (χ0n) is 15.5. The maximum Gasteiger partial charge on any atom is 0.262 e. The smallest absolute Gasteiger partial charge is 0.262 e. The molecule has 7 nitrogen and oxygen atoms in total. The molecule has 3 aromatic carbocycles. The number of ether oxygens (including phenoxy) is 1. The second-order valence-electron chi connectivity index (χ2n) is 6.27. The average molecular weight is 445 g/mol. The molecule has 154 valence electrons. The molecule has 0 unspecified atom stereocenters. The van der Waals surface area contributed by atoms with Crippen LogP contribution >= 0.6 is 11.6 Å². The summed E-state index contributed by atoms with van der Waals surface area (Å²) in [6, 6.07) is 18.4.